The lowest BCUT2D eigenvalue weighted by Gasteiger charge is -2.55. The van der Waals surface area contributed by atoms with Crippen molar-refractivity contribution in [1.82, 2.24) is 5.32 Å². The molecule has 0 aliphatic heterocycles. The van der Waals surface area contributed by atoms with Gasteiger partial charge in [0.1, 0.15) is 0 Å². The molecule has 0 aromatic carbocycles. The highest BCUT2D eigenvalue weighted by Gasteiger charge is 2.49. The largest absolute Gasteiger partial charge is 0.316 e. The van der Waals surface area contributed by atoms with E-state index in [1.54, 1.807) is 0 Å². The van der Waals surface area contributed by atoms with E-state index in [0.717, 1.165) is 17.9 Å². The van der Waals surface area contributed by atoms with E-state index < -0.39 is 0 Å². The summed E-state index contributed by atoms with van der Waals surface area (Å²) in [5.74, 6) is 2.02. The molecule has 1 N–H and O–H groups in total. The summed E-state index contributed by atoms with van der Waals surface area (Å²) < 4.78 is 0. The van der Waals surface area contributed by atoms with Crippen LogP contribution in [0.15, 0.2) is 0 Å². The highest BCUT2D eigenvalue weighted by Crippen LogP contribution is 2.54. The quantitative estimate of drug-likeness (QED) is 0.749. The maximum absolute atomic E-state index is 3.53. The third-order valence-electron chi connectivity index (χ3n) is 5.40. The molecule has 0 aromatic rings. The Morgan fingerprint density at radius 3 is 2.47 bits per heavy atom. The van der Waals surface area contributed by atoms with Gasteiger partial charge < -0.3 is 5.32 Å². The van der Waals surface area contributed by atoms with Crippen LogP contribution in [-0.2, 0) is 0 Å². The van der Waals surface area contributed by atoms with E-state index >= 15 is 0 Å². The van der Waals surface area contributed by atoms with Crippen LogP contribution in [-0.4, -0.2) is 13.1 Å². The van der Waals surface area contributed by atoms with Gasteiger partial charge in [-0.3, -0.25) is 0 Å². The van der Waals surface area contributed by atoms with Gasteiger partial charge in [-0.1, -0.05) is 39.5 Å². The lowest BCUT2D eigenvalue weighted by atomic mass is 9.53. The predicted octanol–water partition coefficient (Wildman–Crippen LogP) is 3.59. The van der Waals surface area contributed by atoms with Crippen molar-refractivity contribution in [3.8, 4) is 0 Å². The van der Waals surface area contributed by atoms with Gasteiger partial charge in [0.2, 0.25) is 0 Å². The highest BCUT2D eigenvalue weighted by molar-refractivity contribution is 5.03. The van der Waals surface area contributed by atoms with E-state index in [2.05, 4.69) is 26.2 Å². The molecule has 2 aliphatic carbocycles. The monoisotopic (exact) mass is 209 g/mol. The minimum absolute atomic E-state index is 0.621. The van der Waals surface area contributed by atoms with Gasteiger partial charge >= 0.3 is 0 Å². The molecule has 2 rings (SSSR count). The van der Waals surface area contributed by atoms with Gasteiger partial charge in [-0.2, -0.15) is 0 Å². The summed E-state index contributed by atoms with van der Waals surface area (Å²) in [6.07, 6.45) is 10.2. The molecule has 4 atom stereocenters. The molecule has 0 heterocycles. The van der Waals surface area contributed by atoms with E-state index in [1.165, 1.54) is 44.9 Å². The summed E-state index contributed by atoms with van der Waals surface area (Å²) in [5, 5.41) is 3.53. The Morgan fingerprint density at radius 2 is 1.93 bits per heavy atom. The molecule has 2 aliphatic rings. The molecule has 2 unspecified atom stereocenters. The van der Waals surface area contributed by atoms with Gasteiger partial charge in [-0.05, 0) is 43.6 Å². The van der Waals surface area contributed by atoms with Crippen LogP contribution >= 0.6 is 0 Å². The second-order valence-corrected chi connectivity index (χ2v) is 5.95. The predicted molar refractivity (Wildman–Crippen MR) is 65.9 cm³/mol. The third kappa shape index (κ3) is 1.84. The SMILES string of the molecule is CCC1CCCC[C@@H]1[C@@]1(C)CCC1NC. The minimum Gasteiger partial charge on any atom is -0.316 e. The first-order valence-electron chi connectivity index (χ1n) is 6.89. The van der Waals surface area contributed by atoms with E-state index in [9.17, 15) is 0 Å². The standard InChI is InChI=1S/C14H27N/c1-4-11-7-5-6-8-12(11)14(2)10-9-13(14)15-3/h11-13,15H,4-10H2,1-3H3/t11?,12-,13?,14+/m0/s1. The molecule has 0 aromatic heterocycles. The summed E-state index contributed by atoms with van der Waals surface area (Å²) in [4.78, 5) is 0. The number of hydrogen-bond acceptors (Lipinski definition) is 1. The minimum atomic E-state index is 0.621. The Balaban J connectivity index is 2.06. The smallest absolute Gasteiger partial charge is 0.0121 e. The van der Waals surface area contributed by atoms with Crippen molar-refractivity contribution in [2.45, 2.75) is 64.8 Å². The summed E-state index contributed by atoms with van der Waals surface area (Å²) in [5.41, 5.74) is 0.621. The Kier molecular flexibility index (Phi) is 3.39. The fourth-order valence-electron chi connectivity index (χ4n) is 4.23. The number of hydrogen-bond donors (Lipinski definition) is 1. The Labute approximate surface area is 95.0 Å². The van der Waals surface area contributed by atoms with Crippen molar-refractivity contribution >= 4 is 0 Å². The molecule has 1 nitrogen and oxygen atoms in total. The zero-order chi connectivity index (χ0) is 10.9. The molecule has 88 valence electrons. The molecular weight excluding hydrogens is 182 g/mol. The summed E-state index contributed by atoms with van der Waals surface area (Å²) in [6.45, 7) is 4.93. The lowest BCUT2D eigenvalue weighted by Crippen LogP contribution is -2.56. The Morgan fingerprint density at radius 1 is 1.20 bits per heavy atom. The van der Waals surface area contributed by atoms with Gasteiger partial charge in [0.15, 0.2) is 0 Å². The van der Waals surface area contributed by atoms with Crippen LogP contribution in [0.4, 0.5) is 0 Å². The Hall–Kier alpha value is -0.0400. The van der Waals surface area contributed by atoms with E-state index in [1.807, 2.05) is 0 Å². The number of nitrogens with one attached hydrogen (secondary N) is 1. The summed E-state index contributed by atoms with van der Waals surface area (Å²) in [6, 6.07) is 0.801. The van der Waals surface area contributed by atoms with Crippen LogP contribution in [0.1, 0.15) is 58.8 Å². The van der Waals surface area contributed by atoms with Gasteiger partial charge in [-0.15, -0.1) is 0 Å². The number of rotatable bonds is 3. The lowest BCUT2D eigenvalue weighted by molar-refractivity contribution is -0.0283. The molecule has 1 heteroatoms. The van der Waals surface area contributed by atoms with E-state index in [4.69, 9.17) is 0 Å². The average molecular weight is 209 g/mol. The second kappa shape index (κ2) is 4.45. The molecule has 0 radical (unpaired) electrons. The van der Waals surface area contributed by atoms with Gasteiger partial charge in [0.05, 0.1) is 0 Å². The van der Waals surface area contributed by atoms with Crippen LogP contribution in [0.3, 0.4) is 0 Å². The molecule has 0 bridgehead atoms. The second-order valence-electron chi connectivity index (χ2n) is 5.95. The molecule has 2 fully saturated rings. The van der Waals surface area contributed by atoms with Crippen LogP contribution in [0.5, 0.6) is 0 Å². The van der Waals surface area contributed by atoms with Crippen molar-refractivity contribution < 1.29 is 0 Å². The zero-order valence-corrected chi connectivity index (χ0v) is 10.7. The summed E-state index contributed by atoms with van der Waals surface area (Å²) >= 11 is 0. The average Bonchev–Trinajstić information content (AvgIpc) is 2.27. The first-order valence-corrected chi connectivity index (χ1v) is 6.89. The summed E-state index contributed by atoms with van der Waals surface area (Å²) in [7, 11) is 2.14. The fraction of sp³-hybridized carbons (Fsp3) is 1.00. The Bertz CT molecular complexity index is 211. The van der Waals surface area contributed by atoms with Crippen LogP contribution in [0, 0.1) is 17.3 Å². The van der Waals surface area contributed by atoms with Crippen molar-refractivity contribution in [2.24, 2.45) is 17.3 Å². The van der Waals surface area contributed by atoms with Crippen molar-refractivity contribution in [2.75, 3.05) is 7.05 Å². The molecule has 0 spiro atoms. The maximum atomic E-state index is 3.53. The van der Waals surface area contributed by atoms with Crippen molar-refractivity contribution in [3.05, 3.63) is 0 Å². The molecule has 0 saturated heterocycles. The fourth-order valence-corrected chi connectivity index (χ4v) is 4.23. The highest BCUT2D eigenvalue weighted by atomic mass is 14.9. The first kappa shape index (κ1) is 11.4. The van der Waals surface area contributed by atoms with Gasteiger partial charge in [-0.25, -0.2) is 0 Å². The molecule has 15 heavy (non-hydrogen) atoms. The van der Waals surface area contributed by atoms with Crippen LogP contribution in [0.25, 0.3) is 0 Å². The zero-order valence-electron chi connectivity index (χ0n) is 10.7. The van der Waals surface area contributed by atoms with E-state index in [0.29, 0.717) is 5.41 Å². The van der Waals surface area contributed by atoms with Crippen molar-refractivity contribution in [1.29, 1.82) is 0 Å². The van der Waals surface area contributed by atoms with Gasteiger partial charge in [0.25, 0.3) is 0 Å². The third-order valence-corrected chi connectivity index (χ3v) is 5.40. The van der Waals surface area contributed by atoms with E-state index in [-0.39, 0.29) is 0 Å². The molecular formula is C14H27N. The first-order chi connectivity index (χ1) is 7.22. The van der Waals surface area contributed by atoms with Crippen LogP contribution < -0.4 is 5.32 Å². The normalized spacial score (nSPS) is 46.2. The molecule has 0 amide bonds. The van der Waals surface area contributed by atoms with Crippen molar-refractivity contribution in [3.63, 3.8) is 0 Å². The topological polar surface area (TPSA) is 12.0 Å². The maximum Gasteiger partial charge on any atom is 0.0121 e. The molecule has 2 saturated carbocycles. The van der Waals surface area contributed by atoms with Crippen LogP contribution in [0.2, 0.25) is 0 Å². The van der Waals surface area contributed by atoms with Gasteiger partial charge in [0, 0.05) is 6.04 Å².